The van der Waals surface area contributed by atoms with Crippen LogP contribution in [0.3, 0.4) is 0 Å². The number of benzene rings is 2. The molecule has 2 nitrogen and oxygen atoms in total. The van der Waals surface area contributed by atoms with Crippen molar-refractivity contribution in [2.75, 3.05) is 13.7 Å². The minimum Gasteiger partial charge on any atom is -0.494 e. The molecule has 0 spiro atoms. The van der Waals surface area contributed by atoms with E-state index in [1.54, 1.807) is 0 Å². The van der Waals surface area contributed by atoms with Crippen LogP contribution in [0.15, 0.2) is 40.9 Å². The van der Waals surface area contributed by atoms with Gasteiger partial charge >= 0.3 is 0 Å². The standard InChI is InChI=1S/C16H16BrClINO/c1-3-21-15-7-4-10(17)8-13(15)16(20-2)12-9-11(18)5-6-14(12)19/h4-9,16,20H,3H2,1-2H3. The number of rotatable bonds is 5. The Labute approximate surface area is 152 Å². The lowest BCUT2D eigenvalue weighted by molar-refractivity contribution is 0.334. The van der Waals surface area contributed by atoms with Crippen molar-refractivity contribution in [3.05, 3.63) is 60.6 Å². The average Bonchev–Trinajstić information content (AvgIpc) is 2.46. The number of hydrogen-bond acceptors (Lipinski definition) is 2. The molecule has 0 amide bonds. The Kier molecular flexibility index (Phi) is 6.34. The molecular formula is C16H16BrClINO. The van der Waals surface area contributed by atoms with Gasteiger partial charge in [-0.15, -0.1) is 0 Å². The maximum absolute atomic E-state index is 6.17. The lowest BCUT2D eigenvalue weighted by atomic mass is 9.98. The molecule has 1 unspecified atom stereocenters. The minimum atomic E-state index is 0.0228. The second kappa shape index (κ2) is 7.81. The van der Waals surface area contributed by atoms with Gasteiger partial charge < -0.3 is 10.1 Å². The summed E-state index contributed by atoms with van der Waals surface area (Å²) in [5.74, 6) is 0.885. The van der Waals surface area contributed by atoms with Crippen LogP contribution < -0.4 is 10.1 Å². The molecule has 2 rings (SSSR count). The fourth-order valence-corrected chi connectivity index (χ4v) is 3.45. The highest BCUT2D eigenvalue weighted by molar-refractivity contribution is 14.1. The van der Waals surface area contributed by atoms with Crippen LogP contribution >= 0.6 is 50.1 Å². The summed E-state index contributed by atoms with van der Waals surface area (Å²) < 4.78 is 7.96. The van der Waals surface area contributed by atoms with Crippen molar-refractivity contribution in [3.8, 4) is 5.75 Å². The Bertz CT molecular complexity index is 636. The Hall–Kier alpha value is -0.300. The first-order chi connectivity index (χ1) is 10.1. The van der Waals surface area contributed by atoms with E-state index in [-0.39, 0.29) is 6.04 Å². The van der Waals surface area contributed by atoms with Gasteiger partial charge in [0.15, 0.2) is 0 Å². The maximum atomic E-state index is 6.17. The summed E-state index contributed by atoms with van der Waals surface area (Å²) in [4.78, 5) is 0. The van der Waals surface area contributed by atoms with E-state index in [0.29, 0.717) is 6.61 Å². The molecule has 21 heavy (non-hydrogen) atoms. The first-order valence-electron chi connectivity index (χ1n) is 6.61. The van der Waals surface area contributed by atoms with Gasteiger partial charge in [0, 0.05) is 18.6 Å². The van der Waals surface area contributed by atoms with E-state index >= 15 is 0 Å². The van der Waals surface area contributed by atoms with E-state index < -0.39 is 0 Å². The third-order valence-electron chi connectivity index (χ3n) is 3.14. The zero-order chi connectivity index (χ0) is 15.4. The van der Waals surface area contributed by atoms with Crippen molar-refractivity contribution < 1.29 is 4.74 Å². The van der Waals surface area contributed by atoms with E-state index in [0.717, 1.165) is 26.4 Å². The maximum Gasteiger partial charge on any atom is 0.124 e. The molecular weight excluding hydrogens is 464 g/mol. The van der Waals surface area contributed by atoms with Gasteiger partial charge in [-0.2, -0.15) is 0 Å². The SMILES string of the molecule is CCOc1ccc(Br)cc1C(NC)c1cc(Cl)ccc1I. The van der Waals surface area contributed by atoms with Gasteiger partial charge in [0.05, 0.1) is 12.6 Å². The Morgan fingerprint density at radius 1 is 1.24 bits per heavy atom. The average molecular weight is 481 g/mol. The quantitative estimate of drug-likeness (QED) is 0.578. The van der Waals surface area contributed by atoms with Crippen molar-refractivity contribution in [3.63, 3.8) is 0 Å². The smallest absolute Gasteiger partial charge is 0.124 e. The molecule has 0 radical (unpaired) electrons. The van der Waals surface area contributed by atoms with Crippen LogP contribution in [-0.2, 0) is 0 Å². The lowest BCUT2D eigenvalue weighted by Gasteiger charge is -2.22. The Morgan fingerprint density at radius 3 is 2.67 bits per heavy atom. The first kappa shape index (κ1) is 17.1. The highest BCUT2D eigenvalue weighted by Gasteiger charge is 2.19. The van der Waals surface area contributed by atoms with E-state index in [1.807, 2.05) is 44.3 Å². The van der Waals surface area contributed by atoms with Crippen molar-refractivity contribution >= 4 is 50.1 Å². The predicted molar refractivity (Wildman–Crippen MR) is 100 cm³/mol. The molecule has 2 aromatic rings. The van der Waals surface area contributed by atoms with E-state index in [4.69, 9.17) is 16.3 Å². The molecule has 112 valence electrons. The first-order valence-corrected chi connectivity index (χ1v) is 8.86. The highest BCUT2D eigenvalue weighted by atomic mass is 127. The highest BCUT2D eigenvalue weighted by Crippen LogP contribution is 2.35. The number of ether oxygens (including phenoxy) is 1. The topological polar surface area (TPSA) is 21.3 Å². The fourth-order valence-electron chi connectivity index (χ4n) is 2.25. The molecule has 0 saturated heterocycles. The molecule has 0 bridgehead atoms. The van der Waals surface area contributed by atoms with E-state index in [1.165, 1.54) is 3.57 Å². The lowest BCUT2D eigenvalue weighted by Crippen LogP contribution is -2.20. The summed E-state index contributed by atoms with van der Waals surface area (Å²) in [6, 6.07) is 12.0. The van der Waals surface area contributed by atoms with Gasteiger partial charge in [-0.3, -0.25) is 0 Å². The van der Waals surface area contributed by atoms with Gasteiger partial charge in [0.2, 0.25) is 0 Å². The van der Waals surface area contributed by atoms with Crippen LogP contribution in [0.5, 0.6) is 5.75 Å². The van der Waals surface area contributed by atoms with Crippen LogP contribution in [-0.4, -0.2) is 13.7 Å². The van der Waals surface area contributed by atoms with Crippen LogP contribution in [0.25, 0.3) is 0 Å². The Balaban J connectivity index is 2.55. The zero-order valence-corrected chi connectivity index (χ0v) is 16.3. The van der Waals surface area contributed by atoms with Crippen molar-refractivity contribution in [1.29, 1.82) is 0 Å². The number of hydrogen-bond donors (Lipinski definition) is 1. The molecule has 0 aliphatic heterocycles. The Morgan fingerprint density at radius 2 is 2.00 bits per heavy atom. The monoisotopic (exact) mass is 479 g/mol. The molecule has 1 N–H and O–H groups in total. The van der Waals surface area contributed by atoms with Gasteiger partial charge in [-0.05, 0) is 78.5 Å². The van der Waals surface area contributed by atoms with Crippen LogP contribution in [0.1, 0.15) is 24.1 Å². The summed E-state index contributed by atoms with van der Waals surface area (Å²) in [5.41, 5.74) is 2.23. The second-order valence-electron chi connectivity index (χ2n) is 4.50. The fraction of sp³-hybridized carbons (Fsp3) is 0.250. The van der Waals surface area contributed by atoms with Crippen LogP contribution in [0.4, 0.5) is 0 Å². The van der Waals surface area contributed by atoms with Crippen molar-refractivity contribution in [2.24, 2.45) is 0 Å². The molecule has 0 aromatic heterocycles. The number of nitrogens with one attached hydrogen (secondary N) is 1. The van der Waals surface area contributed by atoms with E-state index in [2.05, 4.69) is 49.9 Å². The summed E-state index contributed by atoms with van der Waals surface area (Å²) >= 11 is 12.0. The van der Waals surface area contributed by atoms with Crippen molar-refractivity contribution in [2.45, 2.75) is 13.0 Å². The summed E-state index contributed by atoms with van der Waals surface area (Å²) in [5, 5.41) is 4.10. The molecule has 0 fully saturated rings. The summed E-state index contributed by atoms with van der Waals surface area (Å²) in [7, 11) is 1.94. The molecule has 0 heterocycles. The second-order valence-corrected chi connectivity index (χ2v) is 7.02. The molecule has 0 saturated carbocycles. The summed E-state index contributed by atoms with van der Waals surface area (Å²) in [6.45, 7) is 2.63. The minimum absolute atomic E-state index is 0.0228. The van der Waals surface area contributed by atoms with E-state index in [9.17, 15) is 0 Å². The third kappa shape index (κ3) is 4.12. The largest absolute Gasteiger partial charge is 0.494 e. The number of halogens is 3. The molecule has 0 aliphatic carbocycles. The van der Waals surface area contributed by atoms with Crippen molar-refractivity contribution in [1.82, 2.24) is 5.32 Å². The van der Waals surface area contributed by atoms with Crippen LogP contribution in [0.2, 0.25) is 5.02 Å². The molecule has 0 aliphatic rings. The van der Waals surface area contributed by atoms with Gasteiger partial charge in [-0.25, -0.2) is 0 Å². The summed E-state index contributed by atoms with van der Waals surface area (Å²) in [6.07, 6.45) is 0. The third-order valence-corrected chi connectivity index (χ3v) is 4.85. The van der Waals surface area contributed by atoms with Gasteiger partial charge in [0.1, 0.15) is 5.75 Å². The molecule has 2 aromatic carbocycles. The van der Waals surface area contributed by atoms with Crippen LogP contribution in [0, 0.1) is 3.57 Å². The normalized spacial score (nSPS) is 12.2. The molecule has 1 atom stereocenters. The van der Waals surface area contributed by atoms with Gasteiger partial charge in [0.25, 0.3) is 0 Å². The molecule has 5 heteroatoms. The zero-order valence-electron chi connectivity index (χ0n) is 11.8. The predicted octanol–water partition coefficient (Wildman–Crippen LogP) is 5.41. The van der Waals surface area contributed by atoms with Gasteiger partial charge in [-0.1, -0.05) is 27.5 Å².